The molecule has 9 heteroatoms. The third kappa shape index (κ3) is 5.54. The first-order valence-electron chi connectivity index (χ1n) is 8.99. The summed E-state index contributed by atoms with van der Waals surface area (Å²) in [5.41, 5.74) is 3.38. The maximum absolute atomic E-state index is 12.6. The van der Waals surface area contributed by atoms with Crippen molar-refractivity contribution in [1.29, 1.82) is 0 Å². The number of benzene rings is 2. The molecule has 0 aliphatic rings. The normalized spacial score (nSPS) is 12.3. The number of non-ortho nitro benzene ring substituents is 1. The SMILES string of the molecule is Cc1ccc(C)c([C@H](C)NC(=O)CN(c2cc([N+](=O)[O-])ccc2C)S(C)(=O)=O)c1. The minimum absolute atomic E-state index is 0.108. The minimum atomic E-state index is -3.84. The van der Waals surface area contributed by atoms with Crippen molar-refractivity contribution < 1.29 is 18.1 Å². The van der Waals surface area contributed by atoms with Gasteiger partial charge in [0.05, 0.1) is 22.9 Å². The van der Waals surface area contributed by atoms with Crippen LogP contribution in [0.5, 0.6) is 0 Å². The number of carbonyl (C=O) groups is 1. The predicted molar refractivity (Wildman–Crippen MR) is 112 cm³/mol. The predicted octanol–water partition coefficient (Wildman–Crippen LogP) is 3.16. The molecule has 0 aliphatic heterocycles. The third-order valence-corrected chi connectivity index (χ3v) is 5.76. The molecular weight excluding hydrogens is 394 g/mol. The van der Waals surface area contributed by atoms with Crippen LogP contribution in [0.1, 0.15) is 35.2 Å². The average molecular weight is 420 g/mol. The number of hydrogen-bond acceptors (Lipinski definition) is 5. The molecule has 8 nitrogen and oxygen atoms in total. The Morgan fingerprint density at radius 3 is 2.34 bits per heavy atom. The maximum atomic E-state index is 12.6. The van der Waals surface area contributed by atoms with Gasteiger partial charge in [0, 0.05) is 12.1 Å². The second-order valence-corrected chi connectivity index (χ2v) is 9.05. The molecule has 0 saturated carbocycles. The zero-order valence-corrected chi connectivity index (χ0v) is 17.9. The average Bonchev–Trinajstić information content (AvgIpc) is 2.61. The minimum Gasteiger partial charge on any atom is -0.348 e. The van der Waals surface area contributed by atoms with E-state index < -0.39 is 27.4 Å². The van der Waals surface area contributed by atoms with Crippen LogP contribution in [0.3, 0.4) is 0 Å². The van der Waals surface area contributed by atoms with Crippen molar-refractivity contribution in [2.24, 2.45) is 0 Å². The van der Waals surface area contributed by atoms with Gasteiger partial charge in [-0.3, -0.25) is 19.2 Å². The highest BCUT2D eigenvalue weighted by Gasteiger charge is 2.25. The first-order valence-corrected chi connectivity index (χ1v) is 10.8. The number of carbonyl (C=O) groups excluding carboxylic acids is 1. The molecule has 1 amide bonds. The molecule has 2 aromatic rings. The van der Waals surface area contributed by atoms with Crippen molar-refractivity contribution in [3.05, 3.63) is 68.8 Å². The maximum Gasteiger partial charge on any atom is 0.271 e. The third-order valence-electron chi connectivity index (χ3n) is 4.64. The smallest absolute Gasteiger partial charge is 0.271 e. The van der Waals surface area contributed by atoms with E-state index in [-0.39, 0.29) is 17.4 Å². The molecule has 0 heterocycles. The first kappa shape index (κ1) is 22.4. The summed E-state index contributed by atoms with van der Waals surface area (Å²) in [6.45, 7) is 6.87. The Hall–Kier alpha value is -2.94. The van der Waals surface area contributed by atoms with Crippen LogP contribution in [-0.2, 0) is 14.8 Å². The summed E-state index contributed by atoms with van der Waals surface area (Å²) >= 11 is 0. The lowest BCUT2D eigenvalue weighted by Crippen LogP contribution is -2.41. The second-order valence-electron chi connectivity index (χ2n) is 7.15. The lowest BCUT2D eigenvalue weighted by molar-refractivity contribution is -0.384. The van der Waals surface area contributed by atoms with E-state index in [1.165, 1.54) is 12.1 Å². The summed E-state index contributed by atoms with van der Waals surface area (Å²) in [5.74, 6) is -0.505. The molecule has 0 radical (unpaired) electrons. The molecule has 0 unspecified atom stereocenters. The van der Waals surface area contributed by atoms with E-state index in [4.69, 9.17) is 0 Å². The van der Waals surface area contributed by atoms with Gasteiger partial charge in [0.2, 0.25) is 15.9 Å². The van der Waals surface area contributed by atoms with E-state index in [0.717, 1.165) is 33.3 Å². The van der Waals surface area contributed by atoms with Crippen molar-refractivity contribution in [3.63, 3.8) is 0 Å². The number of hydrogen-bond donors (Lipinski definition) is 1. The Morgan fingerprint density at radius 1 is 1.14 bits per heavy atom. The van der Waals surface area contributed by atoms with Gasteiger partial charge in [-0.25, -0.2) is 8.42 Å². The number of nitro groups is 1. The van der Waals surface area contributed by atoms with Gasteiger partial charge in [-0.2, -0.15) is 0 Å². The Labute approximate surface area is 170 Å². The monoisotopic (exact) mass is 419 g/mol. The fourth-order valence-electron chi connectivity index (χ4n) is 3.08. The Morgan fingerprint density at radius 2 is 1.76 bits per heavy atom. The quantitative estimate of drug-likeness (QED) is 0.548. The van der Waals surface area contributed by atoms with Crippen LogP contribution < -0.4 is 9.62 Å². The van der Waals surface area contributed by atoms with Gasteiger partial charge < -0.3 is 5.32 Å². The number of sulfonamides is 1. The lowest BCUT2D eigenvalue weighted by atomic mass is 10.00. The molecule has 0 bridgehead atoms. The van der Waals surface area contributed by atoms with Crippen LogP contribution in [0.4, 0.5) is 11.4 Å². The summed E-state index contributed by atoms with van der Waals surface area (Å²) in [7, 11) is -3.84. The van der Waals surface area contributed by atoms with Crippen LogP contribution in [0, 0.1) is 30.9 Å². The van der Waals surface area contributed by atoms with Crippen molar-refractivity contribution in [2.75, 3.05) is 17.1 Å². The van der Waals surface area contributed by atoms with Gasteiger partial charge in [0.1, 0.15) is 6.54 Å². The van der Waals surface area contributed by atoms with Gasteiger partial charge in [-0.05, 0) is 44.4 Å². The van der Waals surface area contributed by atoms with Crippen molar-refractivity contribution in [1.82, 2.24) is 5.32 Å². The molecule has 2 rings (SSSR count). The van der Waals surface area contributed by atoms with Crippen LogP contribution >= 0.6 is 0 Å². The molecule has 0 fully saturated rings. The van der Waals surface area contributed by atoms with Crippen molar-refractivity contribution in [2.45, 2.75) is 33.7 Å². The number of anilines is 1. The van der Waals surface area contributed by atoms with E-state index in [1.54, 1.807) is 6.92 Å². The standard InChI is InChI=1S/C20H25N3O5S/c1-13-6-7-14(2)18(10-13)16(4)21-20(24)12-22(29(5,27)28)19-11-17(23(25)26)9-8-15(19)3/h6-11,16H,12H2,1-5H3,(H,21,24)/t16-/m0/s1. The zero-order chi connectivity index (χ0) is 21.9. The second kappa shape index (κ2) is 8.60. The number of nitro benzene ring substituents is 1. The molecular formula is C20H25N3O5S. The van der Waals surface area contributed by atoms with Gasteiger partial charge >= 0.3 is 0 Å². The molecule has 0 aromatic heterocycles. The summed E-state index contributed by atoms with van der Waals surface area (Å²) in [6.07, 6.45) is 0.965. The van der Waals surface area contributed by atoms with E-state index in [9.17, 15) is 23.3 Å². The largest absolute Gasteiger partial charge is 0.348 e. The Kier molecular flexibility index (Phi) is 6.63. The van der Waals surface area contributed by atoms with Crippen LogP contribution in [0.25, 0.3) is 0 Å². The highest BCUT2D eigenvalue weighted by molar-refractivity contribution is 7.92. The van der Waals surface area contributed by atoms with E-state index >= 15 is 0 Å². The summed E-state index contributed by atoms with van der Waals surface area (Å²) in [5, 5.41) is 13.9. The molecule has 0 aliphatic carbocycles. The van der Waals surface area contributed by atoms with Crippen LogP contribution in [-0.4, -0.2) is 32.0 Å². The van der Waals surface area contributed by atoms with Gasteiger partial charge in [-0.15, -0.1) is 0 Å². The molecule has 1 atom stereocenters. The van der Waals surface area contributed by atoms with Gasteiger partial charge in [-0.1, -0.05) is 29.8 Å². The number of aryl methyl sites for hydroxylation is 3. The highest BCUT2D eigenvalue weighted by atomic mass is 32.2. The fourth-order valence-corrected chi connectivity index (χ4v) is 3.99. The van der Waals surface area contributed by atoms with Crippen LogP contribution in [0.2, 0.25) is 0 Å². The molecule has 29 heavy (non-hydrogen) atoms. The number of nitrogens with zero attached hydrogens (tertiary/aromatic N) is 2. The first-order chi connectivity index (χ1) is 13.4. The van der Waals surface area contributed by atoms with Crippen LogP contribution in [0.15, 0.2) is 36.4 Å². The molecule has 2 aromatic carbocycles. The number of nitrogens with one attached hydrogen (secondary N) is 1. The van der Waals surface area contributed by atoms with Crippen molar-refractivity contribution in [3.8, 4) is 0 Å². The van der Waals surface area contributed by atoms with Crippen molar-refractivity contribution >= 4 is 27.3 Å². The zero-order valence-electron chi connectivity index (χ0n) is 17.1. The molecule has 0 saturated heterocycles. The topological polar surface area (TPSA) is 110 Å². The van der Waals surface area contributed by atoms with E-state index in [2.05, 4.69) is 5.32 Å². The van der Waals surface area contributed by atoms with Gasteiger partial charge in [0.25, 0.3) is 5.69 Å². The van der Waals surface area contributed by atoms with E-state index in [0.29, 0.717) is 5.56 Å². The van der Waals surface area contributed by atoms with E-state index in [1.807, 2.05) is 39.0 Å². The molecule has 156 valence electrons. The molecule has 0 spiro atoms. The highest BCUT2D eigenvalue weighted by Crippen LogP contribution is 2.27. The Balaban J connectivity index is 2.30. The lowest BCUT2D eigenvalue weighted by Gasteiger charge is -2.25. The fraction of sp³-hybridized carbons (Fsp3) is 0.350. The summed E-state index contributed by atoms with van der Waals surface area (Å²) < 4.78 is 25.6. The number of rotatable bonds is 7. The Bertz CT molecular complexity index is 1050. The molecule has 1 N–H and O–H groups in total. The summed E-state index contributed by atoms with van der Waals surface area (Å²) in [4.78, 5) is 23.1. The van der Waals surface area contributed by atoms with Gasteiger partial charge in [0.15, 0.2) is 0 Å². The number of amides is 1. The summed E-state index contributed by atoms with van der Waals surface area (Å²) in [6, 6.07) is 9.50.